The van der Waals surface area contributed by atoms with Crippen molar-refractivity contribution in [2.75, 3.05) is 26.2 Å². The number of halogens is 1. The Kier molecular flexibility index (Phi) is 8.18. The maximum atomic E-state index is 14.0. The molecule has 1 atom stereocenters. The molecule has 4 N–H and O–H groups in total. The first-order valence-corrected chi connectivity index (χ1v) is 10.9. The van der Waals surface area contributed by atoms with Crippen LogP contribution in [0.25, 0.3) is 0 Å². The lowest BCUT2D eigenvalue weighted by atomic mass is 10.0. The van der Waals surface area contributed by atoms with Crippen LogP contribution >= 0.6 is 0 Å². The average molecular weight is 471 g/mol. The molecular weight excluding hydrogens is 443 g/mol. The van der Waals surface area contributed by atoms with E-state index in [1.807, 2.05) is 0 Å². The summed E-state index contributed by atoms with van der Waals surface area (Å²) in [6.07, 6.45) is 1.02. The van der Waals surface area contributed by atoms with Crippen LogP contribution < -0.4 is 10.5 Å². The van der Waals surface area contributed by atoms with Gasteiger partial charge in [0.1, 0.15) is 23.4 Å². The van der Waals surface area contributed by atoms with Crippen molar-refractivity contribution < 1.29 is 28.6 Å². The number of carbonyl (C=O) groups is 3. The molecule has 0 bridgehead atoms. The molecule has 2 aromatic carbocycles. The SMILES string of the molecule is N=C(N)c1ccc(OCCCCN2CCN(C(Cc3ccccc3F)C(=O)O)C(=O)C2=O)cc1. The van der Waals surface area contributed by atoms with Gasteiger partial charge in [-0.1, -0.05) is 18.2 Å². The third-order valence-electron chi connectivity index (χ3n) is 5.63. The van der Waals surface area contributed by atoms with Gasteiger partial charge in [0.25, 0.3) is 0 Å². The largest absolute Gasteiger partial charge is 0.494 e. The van der Waals surface area contributed by atoms with Gasteiger partial charge in [-0.25, -0.2) is 9.18 Å². The van der Waals surface area contributed by atoms with Crippen LogP contribution in [0, 0.1) is 11.2 Å². The van der Waals surface area contributed by atoms with Crippen molar-refractivity contribution in [3.63, 3.8) is 0 Å². The van der Waals surface area contributed by atoms with Crippen LogP contribution in [0.2, 0.25) is 0 Å². The van der Waals surface area contributed by atoms with Crippen molar-refractivity contribution in [3.8, 4) is 5.75 Å². The summed E-state index contributed by atoms with van der Waals surface area (Å²) in [7, 11) is 0. The summed E-state index contributed by atoms with van der Waals surface area (Å²) in [6.45, 7) is 1.02. The normalized spacial score (nSPS) is 14.7. The van der Waals surface area contributed by atoms with Crippen molar-refractivity contribution in [3.05, 3.63) is 65.5 Å². The minimum atomic E-state index is -1.32. The lowest BCUT2D eigenvalue weighted by Gasteiger charge is -2.37. The second kappa shape index (κ2) is 11.3. The van der Waals surface area contributed by atoms with Crippen LogP contribution in [-0.4, -0.2) is 70.8 Å². The first kappa shape index (κ1) is 24.7. The number of hydrogen-bond acceptors (Lipinski definition) is 5. The Morgan fingerprint density at radius 3 is 2.44 bits per heavy atom. The van der Waals surface area contributed by atoms with Crippen LogP contribution in [0.3, 0.4) is 0 Å². The number of nitrogens with zero attached hydrogens (tertiary/aromatic N) is 2. The number of carboxylic acid groups (broad SMARTS) is 1. The van der Waals surface area contributed by atoms with E-state index in [0.29, 0.717) is 37.3 Å². The number of benzene rings is 2. The molecule has 1 unspecified atom stereocenters. The summed E-state index contributed by atoms with van der Waals surface area (Å²) in [5.41, 5.74) is 6.19. The molecule has 9 nitrogen and oxygen atoms in total. The number of hydrogen-bond donors (Lipinski definition) is 3. The molecule has 0 saturated carbocycles. The molecule has 34 heavy (non-hydrogen) atoms. The fourth-order valence-electron chi connectivity index (χ4n) is 3.73. The topological polar surface area (TPSA) is 137 Å². The number of rotatable bonds is 11. The molecule has 0 aliphatic carbocycles. The van der Waals surface area contributed by atoms with Gasteiger partial charge in [0, 0.05) is 31.6 Å². The predicted octanol–water partition coefficient (Wildman–Crippen LogP) is 1.64. The molecule has 1 aliphatic heterocycles. The van der Waals surface area contributed by atoms with Crippen LogP contribution in [0.4, 0.5) is 4.39 Å². The zero-order valence-corrected chi connectivity index (χ0v) is 18.6. The molecule has 10 heteroatoms. The van der Waals surface area contributed by atoms with Crippen molar-refractivity contribution >= 4 is 23.6 Å². The third kappa shape index (κ3) is 6.09. The van der Waals surface area contributed by atoms with Gasteiger partial charge in [-0.05, 0) is 48.7 Å². The molecular formula is C24H27FN4O5. The summed E-state index contributed by atoms with van der Waals surface area (Å²) in [5, 5.41) is 17.0. The van der Waals surface area contributed by atoms with E-state index in [9.17, 15) is 23.9 Å². The highest BCUT2D eigenvalue weighted by Crippen LogP contribution is 2.17. The summed E-state index contributed by atoms with van der Waals surface area (Å²) in [6, 6.07) is 11.3. The predicted molar refractivity (Wildman–Crippen MR) is 122 cm³/mol. The number of aliphatic carboxylic acids is 1. The molecule has 0 spiro atoms. The Hall–Kier alpha value is -3.95. The number of amides is 2. The fourth-order valence-corrected chi connectivity index (χ4v) is 3.73. The van der Waals surface area contributed by atoms with Gasteiger partial charge in [0.15, 0.2) is 0 Å². The third-order valence-corrected chi connectivity index (χ3v) is 5.63. The van der Waals surface area contributed by atoms with Crippen LogP contribution in [0.15, 0.2) is 48.5 Å². The second-order valence-electron chi connectivity index (χ2n) is 7.93. The summed E-state index contributed by atoms with van der Waals surface area (Å²) in [4.78, 5) is 39.4. The lowest BCUT2D eigenvalue weighted by molar-refractivity contribution is -0.162. The van der Waals surface area contributed by atoms with Crippen molar-refractivity contribution in [2.24, 2.45) is 5.73 Å². The van der Waals surface area contributed by atoms with Gasteiger partial charge < -0.3 is 25.4 Å². The van der Waals surface area contributed by atoms with E-state index < -0.39 is 29.6 Å². The number of nitrogens with two attached hydrogens (primary N) is 1. The van der Waals surface area contributed by atoms with E-state index in [4.69, 9.17) is 15.9 Å². The molecule has 3 rings (SSSR count). The van der Waals surface area contributed by atoms with Gasteiger partial charge in [0.05, 0.1) is 6.61 Å². The number of nitrogen functional groups attached to an aromatic ring is 1. The number of carboxylic acids is 1. The van der Waals surface area contributed by atoms with E-state index in [1.165, 1.54) is 23.1 Å². The first-order chi connectivity index (χ1) is 16.3. The fraction of sp³-hybridized carbons (Fsp3) is 0.333. The maximum Gasteiger partial charge on any atom is 0.326 e. The molecule has 2 amide bonds. The Labute approximate surface area is 196 Å². The van der Waals surface area contributed by atoms with Crippen molar-refractivity contribution in [1.82, 2.24) is 9.80 Å². The second-order valence-corrected chi connectivity index (χ2v) is 7.93. The van der Waals surface area contributed by atoms with E-state index in [1.54, 1.807) is 30.3 Å². The standard InChI is InChI=1S/C24H27FN4O5/c25-19-6-2-1-5-17(19)15-20(24(32)33)29-13-12-28(22(30)23(29)31)11-3-4-14-34-18-9-7-16(8-10-18)21(26)27/h1-2,5-10,20H,3-4,11-15H2,(H3,26,27)(H,32,33). The van der Waals surface area contributed by atoms with Gasteiger partial charge in [-0.3, -0.25) is 15.0 Å². The number of nitrogens with one attached hydrogen (secondary N) is 1. The van der Waals surface area contributed by atoms with E-state index >= 15 is 0 Å². The summed E-state index contributed by atoms with van der Waals surface area (Å²) in [5.74, 6) is -2.87. The number of piperazine rings is 1. The number of carbonyl (C=O) groups excluding carboxylic acids is 2. The number of unbranched alkanes of at least 4 members (excludes halogenated alkanes) is 1. The van der Waals surface area contributed by atoms with E-state index in [-0.39, 0.29) is 30.9 Å². The highest BCUT2D eigenvalue weighted by Gasteiger charge is 2.39. The number of ether oxygens (including phenoxy) is 1. The van der Waals surface area contributed by atoms with Crippen molar-refractivity contribution in [2.45, 2.75) is 25.3 Å². The smallest absolute Gasteiger partial charge is 0.326 e. The average Bonchev–Trinajstić information content (AvgIpc) is 2.81. The maximum absolute atomic E-state index is 14.0. The minimum absolute atomic E-state index is 0.0206. The van der Waals surface area contributed by atoms with Crippen LogP contribution in [0.5, 0.6) is 5.75 Å². The lowest BCUT2D eigenvalue weighted by Crippen LogP contribution is -2.59. The molecule has 180 valence electrons. The molecule has 0 radical (unpaired) electrons. The van der Waals surface area contributed by atoms with Gasteiger partial charge in [-0.15, -0.1) is 0 Å². The van der Waals surface area contributed by atoms with E-state index in [2.05, 4.69) is 0 Å². The summed E-state index contributed by atoms with van der Waals surface area (Å²) < 4.78 is 19.6. The van der Waals surface area contributed by atoms with Gasteiger partial charge >= 0.3 is 17.8 Å². The Bertz CT molecular complexity index is 1060. The molecule has 1 heterocycles. The molecule has 1 aliphatic rings. The van der Waals surface area contributed by atoms with Crippen LogP contribution in [-0.2, 0) is 20.8 Å². The zero-order chi connectivity index (χ0) is 24.7. The Morgan fingerprint density at radius 2 is 1.79 bits per heavy atom. The monoisotopic (exact) mass is 470 g/mol. The van der Waals surface area contributed by atoms with Crippen LogP contribution in [0.1, 0.15) is 24.0 Å². The highest BCUT2D eigenvalue weighted by atomic mass is 19.1. The minimum Gasteiger partial charge on any atom is -0.494 e. The Morgan fingerprint density at radius 1 is 1.09 bits per heavy atom. The highest BCUT2D eigenvalue weighted by molar-refractivity contribution is 6.35. The number of amidine groups is 1. The van der Waals surface area contributed by atoms with Gasteiger partial charge in [-0.2, -0.15) is 0 Å². The quantitative estimate of drug-likeness (QED) is 0.198. The van der Waals surface area contributed by atoms with Crippen molar-refractivity contribution in [1.29, 1.82) is 5.41 Å². The van der Waals surface area contributed by atoms with Gasteiger partial charge in [0.2, 0.25) is 0 Å². The zero-order valence-electron chi connectivity index (χ0n) is 18.6. The summed E-state index contributed by atoms with van der Waals surface area (Å²) >= 11 is 0. The molecule has 0 aromatic heterocycles. The van der Waals surface area contributed by atoms with E-state index in [0.717, 1.165) is 4.90 Å². The molecule has 1 saturated heterocycles. The Balaban J connectivity index is 1.47. The first-order valence-electron chi connectivity index (χ1n) is 10.9. The molecule has 2 aromatic rings. The molecule has 1 fully saturated rings.